The van der Waals surface area contributed by atoms with Gasteiger partial charge in [0.15, 0.2) is 0 Å². The van der Waals surface area contributed by atoms with Gasteiger partial charge in [0, 0.05) is 0 Å². The Morgan fingerprint density at radius 1 is 1.38 bits per heavy atom. The van der Waals surface area contributed by atoms with Crippen molar-refractivity contribution in [2.45, 2.75) is 6.04 Å². The van der Waals surface area contributed by atoms with Crippen LogP contribution in [-0.4, -0.2) is 26.2 Å². The molecule has 0 saturated heterocycles. The first kappa shape index (κ1) is 12.5. The third-order valence-electron chi connectivity index (χ3n) is 2.09. The molecule has 88 valence electrons. The summed E-state index contributed by atoms with van der Waals surface area (Å²) < 4.78 is 10.1. The van der Waals surface area contributed by atoms with Gasteiger partial charge in [-0.15, -0.1) is 0 Å². The van der Waals surface area contributed by atoms with E-state index in [2.05, 4.69) is 0 Å². The number of carbonyl (C=O) groups excluding carboxylic acids is 1. The molecular weight excluding hydrogens is 208 g/mol. The molecule has 5 heteroatoms. The Morgan fingerprint density at radius 2 is 2.00 bits per heavy atom. The zero-order valence-corrected chi connectivity index (χ0v) is 9.18. The SMILES string of the molecule is COc1ccc(C(N)COCC(N)=O)cc1. The minimum Gasteiger partial charge on any atom is -0.497 e. The maximum Gasteiger partial charge on any atom is 0.243 e. The highest BCUT2D eigenvalue weighted by molar-refractivity contribution is 5.74. The van der Waals surface area contributed by atoms with Gasteiger partial charge >= 0.3 is 0 Å². The average Bonchev–Trinajstić information content (AvgIpc) is 2.28. The van der Waals surface area contributed by atoms with E-state index in [1.165, 1.54) is 0 Å². The molecule has 0 aromatic heterocycles. The summed E-state index contributed by atoms with van der Waals surface area (Å²) in [6.07, 6.45) is 0. The van der Waals surface area contributed by atoms with E-state index in [9.17, 15) is 4.79 Å². The molecule has 5 nitrogen and oxygen atoms in total. The van der Waals surface area contributed by atoms with Crippen LogP contribution in [0.4, 0.5) is 0 Å². The summed E-state index contributed by atoms with van der Waals surface area (Å²) in [7, 11) is 1.60. The smallest absolute Gasteiger partial charge is 0.243 e. The maximum atomic E-state index is 10.4. The minimum absolute atomic E-state index is 0.107. The lowest BCUT2D eigenvalue weighted by Crippen LogP contribution is -2.23. The van der Waals surface area contributed by atoms with Crippen molar-refractivity contribution in [1.82, 2.24) is 0 Å². The minimum atomic E-state index is -0.498. The lowest BCUT2D eigenvalue weighted by atomic mass is 10.1. The quantitative estimate of drug-likeness (QED) is 0.722. The van der Waals surface area contributed by atoms with Crippen molar-refractivity contribution in [3.63, 3.8) is 0 Å². The molecule has 0 bridgehead atoms. The Hall–Kier alpha value is -1.59. The molecule has 1 atom stereocenters. The molecule has 0 saturated carbocycles. The first-order valence-corrected chi connectivity index (χ1v) is 4.89. The summed E-state index contributed by atoms with van der Waals surface area (Å²) in [5.74, 6) is 0.274. The van der Waals surface area contributed by atoms with Gasteiger partial charge in [-0.25, -0.2) is 0 Å². The number of benzene rings is 1. The molecule has 0 fully saturated rings. The van der Waals surface area contributed by atoms with Crippen molar-refractivity contribution in [1.29, 1.82) is 0 Å². The number of ether oxygens (including phenoxy) is 2. The van der Waals surface area contributed by atoms with Crippen LogP contribution < -0.4 is 16.2 Å². The number of nitrogens with two attached hydrogens (primary N) is 2. The van der Waals surface area contributed by atoms with E-state index in [1.807, 2.05) is 24.3 Å². The fraction of sp³-hybridized carbons (Fsp3) is 0.364. The van der Waals surface area contributed by atoms with Crippen LogP contribution in [0.5, 0.6) is 5.75 Å². The second kappa shape index (κ2) is 6.09. The maximum absolute atomic E-state index is 10.4. The molecule has 1 aromatic rings. The predicted molar refractivity (Wildman–Crippen MR) is 59.9 cm³/mol. The van der Waals surface area contributed by atoms with Gasteiger partial charge in [-0.2, -0.15) is 0 Å². The van der Waals surface area contributed by atoms with Crippen LogP contribution in [-0.2, 0) is 9.53 Å². The summed E-state index contributed by atoms with van der Waals surface area (Å²) >= 11 is 0. The second-order valence-corrected chi connectivity index (χ2v) is 3.36. The fourth-order valence-electron chi connectivity index (χ4n) is 1.23. The average molecular weight is 224 g/mol. The summed E-state index contributed by atoms with van der Waals surface area (Å²) in [6, 6.07) is 7.09. The number of carbonyl (C=O) groups is 1. The highest BCUT2D eigenvalue weighted by atomic mass is 16.5. The third-order valence-corrected chi connectivity index (χ3v) is 2.09. The summed E-state index contributed by atoms with van der Waals surface area (Å²) in [4.78, 5) is 10.4. The van der Waals surface area contributed by atoms with E-state index in [4.69, 9.17) is 20.9 Å². The van der Waals surface area contributed by atoms with Gasteiger partial charge in [-0.1, -0.05) is 12.1 Å². The van der Waals surface area contributed by atoms with Crippen molar-refractivity contribution >= 4 is 5.91 Å². The molecule has 0 spiro atoms. The molecule has 4 N–H and O–H groups in total. The molecule has 1 aromatic carbocycles. The topological polar surface area (TPSA) is 87.6 Å². The Morgan fingerprint density at radius 3 is 2.50 bits per heavy atom. The Balaban J connectivity index is 2.45. The van der Waals surface area contributed by atoms with Gasteiger partial charge in [0.2, 0.25) is 5.91 Å². The van der Waals surface area contributed by atoms with Gasteiger partial charge in [0.25, 0.3) is 0 Å². The number of primary amides is 1. The zero-order chi connectivity index (χ0) is 12.0. The molecule has 0 aliphatic rings. The highest BCUT2D eigenvalue weighted by Gasteiger charge is 2.06. The first-order valence-electron chi connectivity index (χ1n) is 4.89. The molecule has 0 radical (unpaired) electrons. The zero-order valence-electron chi connectivity index (χ0n) is 9.18. The van der Waals surface area contributed by atoms with Crippen LogP contribution in [0.2, 0.25) is 0 Å². The van der Waals surface area contributed by atoms with Crippen molar-refractivity contribution in [2.24, 2.45) is 11.5 Å². The standard InChI is InChI=1S/C11H16N2O3/c1-15-9-4-2-8(3-5-9)10(12)6-16-7-11(13)14/h2-5,10H,6-7,12H2,1H3,(H2,13,14). The summed E-state index contributed by atoms with van der Waals surface area (Å²) in [5, 5.41) is 0. The number of amides is 1. The first-order chi connectivity index (χ1) is 7.63. The van der Waals surface area contributed by atoms with E-state index >= 15 is 0 Å². The van der Waals surface area contributed by atoms with Crippen LogP contribution >= 0.6 is 0 Å². The third kappa shape index (κ3) is 3.88. The highest BCUT2D eigenvalue weighted by Crippen LogP contribution is 2.16. The number of methoxy groups -OCH3 is 1. The Labute approximate surface area is 94.3 Å². The monoisotopic (exact) mass is 224 g/mol. The lowest BCUT2D eigenvalue weighted by Gasteiger charge is -2.12. The van der Waals surface area contributed by atoms with Gasteiger partial charge in [0.1, 0.15) is 12.4 Å². The van der Waals surface area contributed by atoms with Gasteiger partial charge in [-0.05, 0) is 17.7 Å². The molecule has 1 amide bonds. The van der Waals surface area contributed by atoms with Crippen molar-refractivity contribution in [3.05, 3.63) is 29.8 Å². The molecule has 16 heavy (non-hydrogen) atoms. The lowest BCUT2D eigenvalue weighted by molar-refractivity contribution is -0.122. The van der Waals surface area contributed by atoms with E-state index in [0.717, 1.165) is 11.3 Å². The summed E-state index contributed by atoms with van der Waals surface area (Å²) in [5.41, 5.74) is 11.7. The van der Waals surface area contributed by atoms with E-state index < -0.39 is 5.91 Å². The molecular formula is C11H16N2O3. The molecule has 0 aliphatic carbocycles. The van der Waals surface area contributed by atoms with Crippen LogP contribution in [0.1, 0.15) is 11.6 Å². The van der Waals surface area contributed by atoms with E-state index in [1.54, 1.807) is 7.11 Å². The molecule has 0 heterocycles. The van der Waals surface area contributed by atoms with E-state index in [-0.39, 0.29) is 19.3 Å². The van der Waals surface area contributed by atoms with E-state index in [0.29, 0.717) is 0 Å². The van der Waals surface area contributed by atoms with Gasteiger partial charge < -0.3 is 20.9 Å². The Kier molecular flexibility index (Phi) is 4.75. The van der Waals surface area contributed by atoms with Crippen molar-refractivity contribution < 1.29 is 14.3 Å². The van der Waals surface area contributed by atoms with Gasteiger partial charge in [0.05, 0.1) is 19.8 Å². The molecule has 1 rings (SSSR count). The molecule has 0 aliphatic heterocycles. The van der Waals surface area contributed by atoms with Gasteiger partial charge in [-0.3, -0.25) is 4.79 Å². The second-order valence-electron chi connectivity index (χ2n) is 3.36. The summed E-state index contributed by atoms with van der Waals surface area (Å²) in [6.45, 7) is 0.152. The van der Waals surface area contributed by atoms with Crippen LogP contribution in [0, 0.1) is 0 Å². The van der Waals surface area contributed by atoms with Crippen LogP contribution in [0.15, 0.2) is 24.3 Å². The normalized spacial score (nSPS) is 12.1. The largest absolute Gasteiger partial charge is 0.497 e. The number of hydrogen-bond acceptors (Lipinski definition) is 4. The van der Waals surface area contributed by atoms with Crippen LogP contribution in [0.3, 0.4) is 0 Å². The Bertz CT molecular complexity index is 338. The fourth-order valence-corrected chi connectivity index (χ4v) is 1.23. The molecule has 1 unspecified atom stereocenters. The predicted octanol–water partition coefficient (Wildman–Crippen LogP) is 0.197. The van der Waals surface area contributed by atoms with Crippen molar-refractivity contribution in [3.8, 4) is 5.75 Å². The van der Waals surface area contributed by atoms with Crippen LogP contribution in [0.25, 0.3) is 0 Å². The number of hydrogen-bond donors (Lipinski definition) is 2. The number of rotatable bonds is 6. The van der Waals surface area contributed by atoms with Crippen molar-refractivity contribution in [2.75, 3.05) is 20.3 Å².